The minimum absolute atomic E-state index is 0.0134. The summed E-state index contributed by atoms with van der Waals surface area (Å²) < 4.78 is 14.9. The molecule has 2 N–H and O–H groups in total. The van der Waals surface area contributed by atoms with Crippen molar-refractivity contribution >= 4 is 0 Å². The zero-order valence-corrected chi connectivity index (χ0v) is 10.1. The van der Waals surface area contributed by atoms with Crippen LogP contribution in [0.15, 0.2) is 18.2 Å². The van der Waals surface area contributed by atoms with Gasteiger partial charge in [-0.1, -0.05) is 23.8 Å². The van der Waals surface area contributed by atoms with E-state index in [0.717, 1.165) is 24.0 Å². The Morgan fingerprint density at radius 1 is 1.38 bits per heavy atom. The summed E-state index contributed by atoms with van der Waals surface area (Å²) in [6.07, 6.45) is 2.93. The van der Waals surface area contributed by atoms with Crippen molar-refractivity contribution in [2.45, 2.75) is 51.2 Å². The zero-order chi connectivity index (χ0) is 11.8. The third-order valence-corrected chi connectivity index (χ3v) is 3.60. The Balaban J connectivity index is 2.34. The van der Waals surface area contributed by atoms with Crippen LogP contribution in [0.5, 0.6) is 0 Å². The lowest BCUT2D eigenvalue weighted by atomic mass is 9.77. The van der Waals surface area contributed by atoms with Crippen LogP contribution in [0.3, 0.4) is 0 Å². The van der Waals surface area contributed by atoms with E-state index in [1.54, 1.807) is 0 Å². The van der Waals surface area contributed by atoms with Crippen LogP contribution in [0.25, 0.3) is 0 Å². The molecule has 0 spiro atoms. The van der Waals surface area contributed by atoms with Crippen LogP contribution in [0.1, 0.15) is 42.4 Å². The largest absolute Gasteiger partial charge is 0.328 e. The average molecular weight is 221 g/mol. The van der Waals surface area contributed by atoms with Gasteiger partial charge in [-0.3, -0.25) is 0 Å². The van der Waals surface area contributed by atoms with Gasteiger partial charge >= 0.3 is 0 Å². The number of halogens is 1. The van der Waals surface area contributed by atoms with Crippen LogP contribution in [-0.4, -0.2) is 6.04 Å². The Morgan fingerprint density at radius 3 is 2.75 bits per heavy atom. The molecule has 0 bridgehead atoms. The summed E-state index contributed by atoms with van der Waals surface area (Å²) in [4.78, 5) is 0. The maximum absolute atomic E-state index is 14.9. The van der Waals surface area contributed by atoms with E-state index >= 15 is 0 Å². The SMILES string of the molecule is Cc1ccc(C2(F)CCCC(N)C2)c(C)c1. The molecule has 2 unspecified atom stereocenters. The van der Waals surface area contributed by atoms with Crippen molar-refractivity contribution in [1.29, 1.82) is 0 Å². The van der Waals surface area contributed by atoms with Crippen LogP contribution in [0.2, 0.25) is 0 Å². The summed E-state index contributed by atoms with van der Waals surface area (Å²) in [7, 11) is 0. The second kappa shape index (κ2) is 4.17. The van der Waals surface area contributed by atoms with Crippen molar-refractivity contribution in [3.05, 3.63) is 34.9 Å². The molecule has 2 atom stereocenters. The summed E-state index contributed by atoms with van der Waals surface area (Å²) in [5.74, 6) is 0. The van der Waals surface area contributed by atoms with Gasteiger partial charge in [-0.2, -0.15) is 0 Å². The van der Waals surface area contributed by atoms with E-state index < -0.39 is 5.67 Å². The molecule has 1 aromatic rings. The summed E-state index contributed by atoms with van der Waals surface area (Å²) in [6, 6.07) is 5.99. The lowest BCUT2D eigenvalue weighted by molar-refractivity contribution is 0.0940. The van der Waals surface area contributed by atoms with Gasteiger partial charge in [0, 0.05) is 12.5 Å². The van der Waals surface area contributed by atoms with Crippen molar-refractivity contribution in [2.24, 2.45) is 5.73 Å². The molecular formula is C14H20FN. The van der Waals surface area contributed by atoms with Gasteiger partial charge < -0.3 is 5.73 Å². The van der Waals surface area contributed by atoms with Gasteiger partial charge in [-0.15, -0.1) is 0 Å². The third kappa shape index (κ3) is 2.12. The Bertz CT molecular complexity index is 388. The highest BCUT2D eigenvalue weighted by Gasteiger charge is 2.37. The number of benzene rings is 1. The number of nitrogens with two attached hydrogens (primary N) is 1. The van der Waals surface area contributed by atoms with Crippen LogP contribution in [-0.2, 0) is 5.67 Å². The van der Waals surface area contributed by atoms with E-state index in [0.29, 0.717) is 12.8 Å². The van der Waals surface area contributed by atoms with Gasteiger partial charge in [0.25, 0.3) is 0 Å². The molecule has 2 rings (SSSR count). The van der Waals surface area contributed by atoms with Crippen LogP contribution >= 0.6 is 0 Å². The molecule has 1 fully saturated rings. The first kappa shape index (κ1) is 11.6. The molecule has 2 heteroatoms. The molecule has 88 valence electrons. The second-order valence-corrected chi connectivity index (χ2v) is 5.14. The Kier molecular flexibility index (Phi) is 3.02. The standard InChI is InChI=1S/C14H20FN/c1-10-5-6-13(11(2)8-10)14(15)7-3-4-12(16)9-14/h5-6,8,12H,3-4,7,9,16H2,1-2H3. The molecule has 0 aliphatic heterocycles. The normalized spacial score (nSPS) is 30.4. The van der Waals surface area contributed by atoms with Crippen LogP contribution < -0.4 is 5.73 Å². The Labute approximate surface area is 96.9 Å². The molecule has 1 aliphatic rings. The maximum atomic E-state index is 14.9. The molecule has 1 nitrogen and oxygen atoms in total. The van der Waals surface area contributed by atoms with E-state index in [9.17, 15) is 4.39 Å². The fraction of sp³-hybridized carbons (Fsp3) is 0.571. The van der Waals surface area contributed by atoms with Gasteiger partial charge in [0.1, 0.15) is 5.67 Å². The summed E-state index contributed by atoms with van der Waals surface area (Å²) in [5.41, 5.74) is 7.77. The highest BCUT2D eigenvalue weighted by molar-refractivity contribution is 5.35. The predicted molar refractivity (Wildman–Crippen MR) is 65.1 cm³/mol. The third-order valence-electron chi connectivity index (χ3n) is 3.60. The predicted octanol–water partition coefficient (Wildman–Crippen LogP) is 3.37. The highest BCUT2D eigenvalue weighted by atomic mass is 19.1. The second-order valence-electron chi connectivity index (χ2n) is 5.14. The van der Waals surface area contributed by atoms with Crippen LogP contribution in [0, 0.1) is 13.8 Å². The molecule has 1 aliphatic carbocycles. The lowest BCUT2D eigenvalue weighted by Gasteiger charge is -2.34. The summed E-state index contributed by atoms with van der Waals surface area (Å²) >= 11 is 0. The topological polar surface area (TPSA) is 26.0 Å². The fourth-order valence-corrected chi connectivity index (χ4v) is 2.83. The fourth-order valence-electron chi connectivity index (χ4n) is 2.83. The molecule has 16 heavy (non-hydrogen) atoms. The number of aryl methyl sites for hydroxylation is 2. The maximum Gasteiger partial charge on any atom is 0.137 e. The first-order valence-electron chi connectivity index (χ1n) is 6.03. The Hall–Kier alpha value is -0.890. The number of hydrogen-bond donors (Lipinski definition) is 1. The van der Waals surface area contributed by atoms with Crippen molar-refractivity contribution in [3.8, 4) is 0 Å². The van der Waals surface area contributed by atoms with Crippen molar-refractivity contribution in [1.82, 2.24) is 0 Å². The van der Waals surface area contributed by atoms with Gasteiger partial charge in [-0.05, 0) is 44.2 Å². The first-order chi connectivity index (χ1) is 7.51. The monoisotopic (exact) mass is 221 g/mol. The van der Waals surface area contributed by atoms with Gasteiger partial charge in [0.15, 0.2) is 0 Å². The molecule has 0 radical (unpaired) electrons. The zero-order valence-electron chi connectivity index (χ0n) is 10.1. The van der Waals surface area contributed by atoms with Gasteiger partial charge in [0.2, 0.25) is 0 Å². The minimum atomic E-state index is -1.20. The van der Waals surface area contributed by atoms with Crippen LogP contribution in [0.4, 0.5) is 4.39 Å². The summed E-state index contributed by atoms with van der Waals surface area (Å²) in [6.45, 7) is 4.03. The summed E-state index contributed by atoms with van der Waals surface area (Å²) in [5, 5.41) is 0. The molecular weight excluding hydrogens is 201 g/mol. The highest BCUT2D eigenvalue weighted by Crippen LogP contribution is 2.41. The van der Waals surface area contributed by atoms with E-state index in [2.05, 4.69) is 6.07 Å². The van der Waals surface area contributed by atoms with Gasteiger partial charge in [0.05, 0.1) is 0 Å². The number of hydrogen-bond acceptors (Lipinski definition) is 1. The molecule has 1 aromatic carbocycles. The van der Waals surface area contributed by atoms with Gasteiger partial charge in [-0.25, -0.2) is 4.39 Å². The van der Waals surface area contributed by atoms with Crippen molar-refractivity contribution < 1.29 is 4.39 Å². The minimum Gasteiger partial charge on any atom is -0.328 e. The number of alkyl halides is 1. The smallest absolute Gasteiger partial charge is 0.137 e. The first-order valence-corrected chi connectivity index (χ1v) is 6.03. The molecule has 0 saturated heterocycles. The average Bonchev–Trinajstić information content (AvgIpc) is 2.16. The molecule has 0 amide bonds. The van der Waals surface area contributed by atoms with E-state index in [1.807, 2.05) is 26.0 Å². The van der Waals surface area contributed by atoms with E-state index in [4.69, 9.17) is 5.73 Å². The van der Waals surface area contributed by atoms with E-state index in [1.165, 1.54) is 5.56 Å². The Morgan fingerprint density at radius 2 is 2.12 bits per heavy atom. The lowest BCUT2D eigenvalue weighted by Crippen LogP contribution is -2.36. The van der Waals surface area contributed by atoms with Crippen molar-refractivity contribution in [2.75, 3.05) is 0 Å². The van der Waals surface area contributed by atoms with E-state index in [-0.39, 0.29) is 6.04 Å². The van der Waals surface area contributed by atoms with Crippen molar-refractivity contribution in [3.63, 3.8) is 0 Å². The number of rotatable bonds is 1. The quantitative estimate of drug-likeness (QED) is 0.773. The molecule has 0 heterocycles. The molecule has 1 saturated carbocycles. The molecule has 0 aromatic heterocycles.